The number of hydrogen-bond donors (Lipinski definition) is 2. The predicted octanol–water partition coefficient (Wildman–Crippen LogP) is 1.54. The van der Waals surface area contributed by atoms with Gasteiger partial charge in [-0.3, -0.25) is 5.32 Å². The van der Waals surface area contributed by atoms with Crippen molar-refractivity contribution >= 4 is 11.8 Å². The molecule has 0 atom stereocenters. The highest BCUT2D eigenvalue weighted by Crippen LogP contribution is 2.09. The van der Waals surface area contributed by atoms with Gasteiger partial charge in [-0.25, -0.2) is 9.78 Å². The van der Waals surface area contributed by atoms with Gasteiger partial charge in [-0.05, 0) is 25.0 Å². The minimum atomic E-state index is -1.12. The van der Waals surface area contributed by atoms with Crippen LogP contribution in [0.15, 0.2) is 18.3 Å². The van der Waals surface area contributed by atoms with E-state index in [1.54, 1.807) is 25.3 Å². The maximum absolute atomic E-state index is 10.3. The molecular formula is C9H8N2O2. The molecule has 13 heavy (non-hydrogen) atoms. The number of rotatable bonds is 1. The van der Waals surface area contributed by atoms with Crippen LogP contribution in [0, 0.1) is 11.8 Å². The normalized spacial score (nSPS) is 8.38. The molecule has 2 N–H and O–H groups in total. The van der Waals surface area contributed by atoms with Crippen LogP contribution in [0.3, 0.4) is 0 Å². The molecular weight excluding hydrogens is 168 g/mol. The molecule has 4 nitrogen and oxygen atoms in total. The van der Waals surface area contributed by atoms with Crippen LogP contribution in [0.2, 0.25) is 0 Å². The van der Waals surface area contributed by atoms with E-state index >= 15 is 0 Å². The minimum absolute atomic E-state index is 0.407. The maximum atomic E-state index is 10.3. The van der Waals surface area contributed by atoms with Gasteiger partial charge in [0.15, 0.2) is 0 Å². The first-order valence-corrected chi connectivity index (χ1v) is 3.61. The lowest BCUT2D eigenvalue weighted by atomic mass is 10.3. The Morgan fingerprint density at radius 1 is 1.69 bits per heavy atom. The van der Waals surface area contributed by atoms with E-state index in [0.717, 1.165) is 0 Å². The molecule has 0 fully saturated rings. The highest BCUT2D eigenvalue weighted by molar-refractivity contribution is 5.84. The molecule has 1 heterocycles. The van der Waals surface area contributed by atoms with Crippen molar-refractivity contribution in [3.63, 3.8) is 0 Å². The third kappa shape index (κ3) is 2.49. The Kier molecular flexibility index (Phi) is 2.87. The zero-order chi connectivity index (χ0) is 9.68. The first kappa shape index (κ1) is 9.07. The van der Waals surface area contributed by atoms with Crippen molar-refractivity contribution in [1.29, 1.82) is 0 Å². The Morgan fingerprint density at radius 3 is 3.08 bits per heavy atom. The van der Waals surface area contributed by atoms with Gasteiger partial charge < -0.3 is 5.11 Å². The van der Waals surface area contributed by atoms with E-state index < -0.39 is 6.09 Å². The molecule has 0 radical (unpaired) electrons. The summed E-state index contributed by atoms with van der Waals surface area (Å²) in [5, 5.41) is 10.7. The molecule has 0 aliphatic heterocycles. The summed E-state index contributed by atoms with van der Waals surface area (Å²) in [7, 11) is 0. The number of amides is 1. The van der Waals surface area contributed by atoms with Gasteiger partial charge in [0.1, 0.15) is 5.69 Å². The molecule has 0 aromatic carbocycles. The molecule has 66 valence electrons. The van der Waals surface area contributed by atoms with Gasteiger partial charge >= 0.3 is 6.09 Å². The molecule has 0 aliphatic carbocycles. The molecule has 0 saturated carbocycles. The van der Waals surface area contributed by atoms with Crippen LogP contribution in [0.1, 0.15) is 12.6 Å². The largest absolute Gasteiger partial charge is 0.465 e. The van der Waals surface area contributed by atoms with Crippen LogP contribution >= 0.6 is 0 Å². The predicted molar refractivity (Wildman–Crippen MR) is 48.4 cm³/mol. The minimum Gasteiger partial charge on any atom is -0.465 e. The third-order valence-electron chi connectivity index (χ3n) is 1.29. The Hall–Kier alpha value is -2.02. The summed E-state index contributed by atoms with van der Waals surface area (Å²) in [6.07, 6.45) is 0.444. The van der Waals surface area contributed by atoms with Crippen molar-refractivity contribution in [1.82, 2.24) is 4.98 Å². The fourth-order valence-corrected chi connectivity index (χ4v) is 0.839. The van der Waals surface area contributed by atoms with E-state index in [4.69, 9.17) is 5.11 Å². The second kappa shape index (κ2) is 4.12. The van der Waals surface area contributed by atoms with Gasteiger partial charge in [0, 0.05) is 6.20 Å². The Labute approximate surface area is 75.6 Å². The van der Waals surface area contributed by atoms with Crippen molar-refractivity contribution in [2.24, 2.45) is 0 Å². The highest BCUT2D eigenvalue weighted by Gasteiger charge is 2.02. The first-order valence-electron chi connectivity index (χ1n) is 3.61. The van der Waals surface area contributed by atoms with E-state index in [1.807, 2.05) is 0 Å². The molecule has 0 unspecified atom stereocenters. The summed E-state index contributed by atoms with van der Waals surface area (Å²) in [6, 6.07) is 3.26. The molecule has 1 aromatic rings. The Morgan fingerprint density at radius 2 is 2.46 bits per heavy atom. The van der Waals surface area contributed by atoms with Gasteiger partial charge in [-0.1, -0.05) is 5.92 Å². The molecule has 0 spiro atoms. The molecule has 0 aliphatic rings. The summed E-state index contributed by atoms with van der Waals surface area (Å²) in [5.41, 5.74) is 0.844. The van der Waals surface area contributed by atoms with Crippen LogP contribution in [0.5, 0.6) is 0 Å². The molecule has 0 bridgehead atoms. The fraction of sp³-hybridized carbons (Fsp3) is 0.111. The van der Waals surface area contributed by atoms with Gasteiger partial charge in [0.25, 0.3) is 0 Å². The molecule has 1 aromatic heterocycles. The summed E-state index contributed by atoms with van der Waals surface area (Å²) in [5.74, 6) is 5.35. The molecule has 1 amide bonds. The van der Waals surface area contributed by atoms with E-state index in [-0.39, 0.29) is 0 Å². The van der Waals surface area contributed by atoms with Crippen LogP contribution in [0.4, 0.5) is 10.5 Å². The number of aromatic nitrogens is 1. The smallest absolute Gasteiger partial charge is 0.409 e. The van der Waals surface area contributed by atoms with E-state index in [1.165, 1.54) is 0 Å². The van der Waals surface area contributed by atoms with Crippen molar-refractivity contribution < 1.29 is 9.90 Å². The first-order chi connectivity index (χ1) is 6.24. The topological polar surface area (TPSA) is 62.2 Å². The Bertz CT molecular complexity index is 377. The summed E-state index contributed by atoms with van der Waals surface area (Å²) < 4.78 is 0. The maximum Gasteiger partial charge on any atom is 0.409 e. The highest BCUT2D eigenvalue weighted by atomic mass is 16.4. The fourth-order valence-electron chi connectivity index (χ4n) is 0.839. The molecule has 0 saturated heterocycles. The van der Waals surface area contributed by atoms with E-state index in [9.17, 15) is 4.79 Å². The number of hydrogen-bond acceptors (Lipinski definition) is 2. The average Bonchev–Trinajstić information content (AvgIpc) is 2.08. The van der Waals surface area contributed by atoms with Gasteiger partial charge in [0.2, 0.25) is 0 Å². The lowest BCUT2D eigenvalue weighted by Gasteiger charge is -2.01. The van der Waals surface area contributed by atoms with Gasteiger partial charge in [0.05, 0.1) is 5.69 Å². The van der Waals surface area contributed by atoms with Crippen molar-refractivity contribution in [3.05, 3.63) is 24.0 Å². The van der Waals surface area contributed by atoms with Gasteiger partial charge in [-0.15, -0.1) is 0 Å². The third-order valence-corrected chi connectivity index (χ3v) is 1.29. The summed E-state index contributed by atoms with van der Waals surface area (Å²) in [6.45, 7) is 1.67. The Balaban J connectivity index is 3.02. The van der Waals surface area contributed by atoms with E-state index in [0.29, 0.717) is 11.4 Å². The van der Waals surface area contributed by atoms with Crippen LogP contribution < -0.4 is 5.32 Å². The molecule has 1 rings (SSSR count). The quantitative estimate of drug-likeness (QED) is 0.638. The SMILES string of the molecule is CC#Cc1ncccc1NC(=O)O. The number of pyridine rings is 1. The van der Waals surface area contributed by atoms with Crippen LogP contribution in [0.25, 0.3) is 0 Å². The number of nitrogens with one attached hydrogen (secondary N) is 1. The van der Waals surface area contributed by atoms with Crippen LogP contribution in [-0.2, 0) is 0 Å². The number of carbonyl (C=O) groups is 1. The lowest BCUT2D eigenvalue weighted by Crippen LogP contribution is -2.09. The zero-order valence-electron chi connectivity index (χ0n) is 7.03. The number of nitrogens with zero attached hydrogens (tertiary/aromatic N) is 1. The summed E-state index contributed by atoms with van der Waals surface area (Å²) >= 11 is 0. The van der Waals surface area contributed by atoms with Crippen molar-refractivity contribution in [2.45, 2.75) is 6.92 Å². The van der Waals surface area contributed by atoms with Gasteiger partial charge in [-0.2, -0.15) is 0 Å². The number of anilines is 1. The van der Waals surface area contributed by atoms with Crippen molar-refractivity contribution in [3.8, 4) is 11.8 Å². The van der Waals surface area contributed by atoms with Crippen molar-refractivity contribution in [2.75, 3.05) is 5.32 Å². The van der Waals surface area contributed by atoms with E-state index in [2.05, 4.69) is 22.1 Å². The monoisotopic (exact) mass is 176 g/mol. The molecule has 4 heteroatoms. The average molecular weight is 176 g/mol. The lowest BCUT2D eigenvalue weighted by molar-refractivity contribution is 0.209. The van der Waals surface area contributed by atoms with Crippen LogP contribution in [-0.4, -0.2) is 16.2 Å². The summed E-state index contributed by atoms with van der Waals surface area (Å²) in [4.78, 5) is 14.3. The second-order valence-electron chi connectivity index (χ2n) is 2.20. The standard InChI is InChI=1S/C9H8N2O2/c1-2-4-7-8(11-9(12)13)5-3-6-10-7/h3,5-6,11H,1H3,(H,12,13). The second-order valence-corrected chi connectivity index (χ2v) is 2.20. The number of carboxylic acid groups (broad SMARTS) is 1. The zero-order valence-corrected chi connectivity index (χ0v) is 7.03.